The predicted molar refractivity (Wildman–Crippen MR) is 127 cm³/mol. The van der Waals surface area contributed by atoms with Crippen LogP contribution in [0, 0.1) is 6.92 Å². The van der Waals surface area contributed by atoms with Gasteiger partial charge in [-0.2, -0.15) is 0 Å². The van der Waals surface area contributed by atoms with Crippen LogP contribution in [0.1, 0.15) is 32.3 Å². The minimum Gasteiger partial charge on any atom is -0.494 e. The lowest BCUT2D eigenvalue weighted by Gasteiger charge is -2.41. The second kappa shape index (κ2) is 13.2. The molecule has 7 heteroatoms. The van der Waals surface area contributed by atoms with Gasteiger partial charge in [0.1, 0.15) is 5.75 Å². The fourth-order valence-corrected chi connectivity index (χ4v) is 3.06. The summed E-state index contributed by atoms with van der Waals surface area (Å²) in [6, 6.07) is 8.20. The third-order valence-corrected chi connectivity index (χ3v) is 4.93. The van der Waals surface area contributed by atoms with Crippen LogP contribution in [0.4, 0.5) is 0 Å². The van der Waals surface area contributed by atoms with Gasteiger partial charge in [-0.25, -0.2) is 0 Å². The van der Waals surface area contributed by atoms with Crippen molar-refractivity contribution >= 4 is 29.9 Å². The van der Waals surface area contributed by atoms with Crippen LogP contribution in [0.5, 0.6) is 5.75 Å². The summed E-state index contributed by atoms with van der Waals surface area (Å²) in [4.78, 5) is 6.80. The normalized spacial score (nSPS) is 15.6. The molecule has 2 rings (SSSR count). The Morgan fingerprint density at radius 3 is 2.46 bits per heavy atom. The molecule has 1 fully saturated rings. The number of hydrogen-bond donors (Lipinski definition) is 2. The van der Waals surface area contributed by atoms with Crippen LogP contribution < -0.4 is 15.4 Å². The van der Waals surface area contributed by atoms with Crippen molar-refractivity contribution in [3.63, 3.8) is 0 Å². The third-order valence-electron chi connectivity index (χ3n) is 4.93. The molecule has 28 heavy (non-hydrogen) atoms. The molecule has 0 radical (unpaired) electrons. The summed E-state index contributed by atoms with van der Waals surface area (Å²) in [6.45, 7) is 12.7. The highest BCUT2D eigenvalue weighted by Crippen LogP contribution is 2.15. The largest absolute Gasteiger partial charge is 0.494 e. The van der Waals surface area contributed by atoms with Crippen LogP contribution in [0.25, 0.3) is 0 Å². The smallest absolute Gasteiger partial charge is 0.191 e. The Morgan fingerprint density at radius 1 is 1.14 bits per heavy atom. The molecule has 1 aromatic rings. The lowest BCUT2D eigenvalue weighted by Crippen LogP contribution is -2.56. The number of aliphatic imine (C=N–C) groups is 1. The van der Waals surface area contributed by atoms with Crippen molar-refractivity contribution in [2.45, 2.75) is 39.2 Å². The van der Waals surface area contributed by atoms with Gasteiger partial charge < -0.3 is 20.1 Å². The van der Waals surface area contributed by atoms with Crippen molar-refractivity contribution in [2.75, 3.05) is 53.0 Å². The average molecular weight is 504 g/mol. The van der Waals surface area contributed by atoms with E-state index in [9.17, 15) is 0 Å². The number of benzene rings is 1. The number of hydrogen-bond acceptors (Lipinski definition) is 4. The van der Waals surface area contributed by atoms with E-state index in [1.165, 1.54) is 5.56 Å². The van der Waals surface area contributed by atoms with E-state index < -0.39 is 0 Å². The van der Waals surface area contributed by atoms with Gasteiger partial charge in [-0.3, -0.25) is 9.89 Å². The van der Waals surface area contributed by atoms with Crippen LogP contribution in [-0.4, -0.2) is 69.4 Å². The Kier molecular flexibility index (Phi) is 11.8. The standard InChI is InChI=1S/C21H36N4O2.HI/c1-18-7-9-19(10-8-18)27-14-6-5-11-23-20(22-4)24-17-21(2,3)25-12-15-26-16-13-25;/h7-10H,5-6,11-17H2,1-4H3,(H2,22,23,24);1H. The second-order valence-electron chi connectivity index (χ2n) is 7.63. The molecule has 2 N–H and O–H groups in total. The van der Waals surface area contributed by atoms with Gasteiger partial charge in [0.2, 0.25) is 0 Å². The highest BCUT2D eigenvalue weighted by Gasteiger charge is 2.28. The SMILES string of the molecule is CN=C(NCCCCOc1ccc(C)cc1)NCC(C)(C)N1CCOCC1.I. The Balaban J connectivity index is 0.00000392. The van der Waals surface area contributed by atoms with Gasteiger partial charge in [0.15, 0.2) is 5.96 Å². The van der Waals surface area contributed by atoms with Crippen LogP contribution in [0.15, 0.2) is 29.3 Å². The Hall–Kier alpha value is -1.06. The minimum absolute atomic E-state index is 0. The maximum Gasteiger partial charge on any atom is 0.191 e. The zero-order chi connectivity index (χ0) is 19.5. The predicted octanol–water partition coefficient (Wildman–Crippen LogP) is 3.05. The summed E-state index contributed by atoms with van der Waals surface area (Å²) in [5.74, 6) is 1.80. The van der Waals surface area contributed by atoms with E-state index in [2.05, 4.69) is 53.4 Å². The molecule has 0 atom stereocenters. The summed E-state index contributed by atoms with van der Waals surface area (Å²) < 4.78 is 11.2. The topological polar surface area (TPSA) is 58.1 Å². The molecular formula is C21H37IN4O2. The van der Waals surface area contributed by atoms with Crippen molar-refractivity contribution < 1.29 is 9.47 Å². The molecule has 160 valence electrons. The van der Waals surface area contributed by atoms with Crippen LogP contribution in [0.2, 0.25) is 0 Å². The fraction of sp³-hybridized carbons (Fsp3) is 0.667. The van der Waals surface area contributed by atoms with Crippen LogP contribution in [0.3, 0.4) is 0 Å². The minimum atomic E-state index is 0. The number of morpholine rings is 1. The van der Waals surface area contributed by atoms with E-state index in [1.807, 2.05) is 19.2 Å². The Labute approximate surface area is 187 Å². The quantitative estimate of drug-likeness (QED) is 0.234. The Bertz CT molecular complexity index is 572. The van der Waals surface area contributed by atoms with Gasteiger partial charge in [-0.1, -0.05) is 17.7 Å². The first kappa shape index (κ1) is 25.0. The molecule has 1 aromatic carbocycles. The molecule has 6 nitrogen and oxygen atoms in total. The highest BCUT2D eigenvalue weighted by molar-refractivity contribution is 14.0. The van der Waals surface area contributed by atoms with Crippen LogP contribution in [-0.2, 0) is 4.74 Å². The first-order valence-corrected chi connectivity index (χ1v) is 9.98. The molecule has 0 spiro atoms. The zero-order valence-electron chi connectivity index (χ0n) is 17.8. The maximum absolute atomic E-state index is 5.76. The van der Waals surface area contributed by atoms with Crippen molar-refractivity contribution in [1.82, 2.24) is 15.5 Å². The van der Waals surface area contributed by atoms with E-state index >= 15 is 0 Å². The number of nitrogens with one attached hydrogen (secondary N) is 2. The van der Waals surface area contributed by atoms with Gasteiger partial charge >= 0.3 is 0 Å². The molecule has 0 unspecified atom stereocenters. The van der Waals surface area contributed by atoms with Gasteiger partial charge in [0.05, 0.1) is 19.8 Å². The van der Waals surface area contributed by atoms with E-state index in [0.29, 0.717) is 0 Å². The first-order chi connectivity index (χ1) is 13.0. The number of unbranched alkanes of at least 4 members (excludes halogenated alkanes) is 1. The first-order valence-electron chi connectivity index (χ1n) is 9.98. The van der Waals surface area contributed by atoms with E-state index in [0.717, 1.165) is 70.6 Å². The molecule has 0 aliphatic carbocycles. The molecule has 0 amide bonds. The summed E-state index contributed by atoms with van der Waals surface area (Å²) in [5, 5.41) is 6.85. The molecular weight excluding hydrogens is 467 g/mol. The average Bonchev–Trinajstić information content (AvgIpc) is 2.69. The second-order valence-corrected chi connectivity index (χ2v) is 7.63. The number of guanidine groups is 1. The molecule has 1 aliphatic heterocycles. The summed E-state index contributed by atoms with van der Waals surface area (Å²) in [5.41, 5.74) is 1.32. The number of aryl methyl sites for hydroxylation is 1. The van der Waals surface area contributed by atoms with Gasteiger partial charge in [-0.05, 0) is 45.7 Å². The number of rotatable bonds is 9. The number of ether oxygens (including phenoxy) is 2. The molecule has 1 heterocycles. The number of nitrogens with zero attached hydrogens (tertiary/aromatic N) is 2. The van der Waals surface area contributed by atoms with E-state index in [4.69, 9.17) is 9.47 Å². The summed E-state index contributed by atoms with van der Waals surface area (Å²) >= 11 is 0. The molecule has 0 saturated carbocycles. The highest BCUT2D eigenvalue weighted by atomic mass is 127. The lowest BCUT2D eigenvalue weighted by molar-refractivity contribution is -0.00833. The summed E-state index contributed by atoms with van der Waals surface area (Å²) in [6.07, 6.45) is 2.05. The Morgan fingerprint density at radius 2 is 1.82 bits per heavy atom. The lowest BCUT2D eigenvalue weighted by atomic mass is 10.0. The van der Waals surface area contributed by atoms with Crippen molar-refractivity contribution in [1.29, 1.82) is 0 Å². The van der Waals surface area contributed by atoms with Crippen molar-refractivity contribution in [3.05, 3.63) is 29.8 Å². The molecule has 1 aliphatic rings. The van der Waals surface area contributed by atoms with Gasteiger partial charge in [0.25, 0.3) is 0 Å². The van der Waals surface area contributed by atoms with Crippen molar-refractivity contribution in [2.24, 2.45) is 4.99 Å². The maximum atomic E-state index is 5.76. The van der Waals surface area contributed by atoms with E-state index in [-0.39, 0.29) is 29.5 Å². The van der Waals surface area contributed by atoms with Gasteiger partial charge in [-0.15, -0.1) is 24.0 Å². The fourth-order valence-electron chi connectivity index (χ4n) is 3.06. The zero-order valence-corrected chi connectivity index (χ0v) is 20.1. The monoisotopic (exact) mass is 504 g/mol. The molecule has 0 aromatic heterocycles. The van der Waals surface area contributed by atoms with Crippen molar-refractivity contribution in [3.8, 4) is 5.75 Å². The molecule has 1 saturated heterocycles. The van der Waals surface area contributed by atoms with Crippen LogP contribution >= 0.6 is 24.0 Å². The summed E-state index contributed by atoms with van der Waals surface area (Å²) in [7, 11) is 1.82. The molecule has 0 bridgehead atoms. The van der Waals surface area contributed by atoms with Gasteiger partial charge in [0, 0.05) is 38.8 Å². The van der Waals surface area contributed by atoms with E-state index in [1.54, 1.807) is 0 Å². The number of halogens is 1. The third kappa shape index (κ3) is 8.96.